The summed E-state index contributed by atoms with van der Waals surface area (Å²) < 4.78 is 11.0. The van der Waals surface area contributed by atoms with Crippen LogP contribution in [0.15, 0.2) is 0 Å². The van der Waals surface area contributed by atoms with Crippen molar-refractivity contribution in [1.29, 1.82) is 0 Å². The fourth-order valence-corrected chi connectivity index (χ4v) is 3.77. The molecular formula is C16H24O4. The van der Waals surface area contributed by atoms with Crippen LogP contribution in [0.2, 0.25) is 0 Å². The van der Waals surface area contributed by atoms with E-state index in [9.17, 15) is 9.59 Å². The van der Waals surface area contributed by atoms with E-state index in [1.54, 1.807) is 0 Å². The smallest absolute Gasteiger partial charge is 0.308 e. The second-order valence-corrected chi connectivity index (χ2v) is 6.70. The number of carbonyl (C=O) groups is 2. The molecule has 20 heavy (non-hydrogen) atoms. The lowest BCUT2D eigenvalue weighted by Gasteiger charge is -2.31. The summed E-state index contributed by atoms with van der Waals surface area (Å²) in [6, 6.07) is 0. The number of ether oxygens (including phenoxy) is 2. The van der Waals surface area contributed by atoms with Crippen LogP contribution >= 0.6 is 0 Å². The topological polar surface area (TPSA) is 52.6 Å². The van der Waals surface area contributed by atoms with Gasteiger partial charge in [-0.15, -0.1) is 0 Å². The van der Waals surface area contributed by atoms with Crippen LogP contribution in [0.5, 0.6) is 0 Å². The molecule has 112 valence electrons. The van der Waals surface area contributed by atoms with E-state index >= 15 is 0 Å². The van der Waals surface area contributed by atoms with Crippen molar-refractivity contribution in [3.8, 4) is 0 Å². The van der Waals surface area contributed by atoms with Gasteiger partial charge in [-0.25, -0.2) is 0 Å². The minimum absolute atomic E-state index is 0.00155. The highest BCUT2D eigenvalue weighted by atomic mass is 16.5. The zero-order valence-corrected chi connectivity index (χ0v) is 12.0. The maximum absolute atomic E-state index is 12.1. The van der Waals surface area contributed by atoms with E-state index < -0.39 is 0 Å². The second kappa shape index (κ2) is 6.15. The predicted molar refractivity (Wildman–Crippen MR) is 72.8 cm³/mol. The molecule has 0 spiro atoms. The number of carbonyl (C=O) groups excluding carboxylic acids is 2. The van der Waals surface area contributed by atoms with Crippen LogP contribution in [0.25, 0.3) is 0 Å². The Morgan fingerprint density at radius 2 is 0.950 bits per heavy atom. The highest BCUT2D eigenvalue weighted by Crippen LogP contribution is 2.33. The van der Waals surface area contributed by atoms with Crippen molar-refractivity contribution in [3.05, 3.63) is 0 Å². The molecule has 4 heteroatoms. The van der Waals surface area contributed by atoms with Gasteiger partial charge >= 0.3 is 11.9 Å². The van der Waals surface area contributed by atoms with Crippen molar-refractivity contribution in [1.82, 2.24) is 0 Å². The van der Waals surface area contributed by atoms with Crippen LogP contribution in [0.3, 0.4) is 0 Å². The highest BCUT2D eigenvalue weighted by molar-refractivity contribution is 5.75. The third kappa shape index (κ3) is 3.15. The number of rotatable bonds is 0. The number of esters is 2. The molecule has 0 atom stereocenters. The Kier molecular flexibility index (Phi) is 4.27. The number of hydrogen-bond acceptors (Lipinski definition) is 4. The molecule has 6 rings (SSSR count). The molecule has 0 amide bonds. The summed E-state index contributed by atoms with van der Waals surface area (Å²) in [6.07, 6.45) is 7.43. The first-order chi connectivity index (χ1) is 9.72. The largest absolute Gasteiger partial charge is 0.465 e. The Morgan fingerprint density at radius 3 is 1.30 bits per heavy atom. The molecule has 0 aromatic rings. The van der Waals surface area contributed by atoms with Crippen molar-refractivity contribution in [2.75, 3.05) is 13.2 Å². The van der Waals surface area contributed by atoms with Gasteiger partial charge < -0.3 is 9.47 Å². The van der Waals surface area contributed by atoms with Gasteiger partial charge in [0.2, 0.25) is 0 Å². The van der Waals surface area contributed by atoms with E-state index in [0.717, 1.165) is 51.4 Å². The summed E-state index contributed by atoms with van der Waals surface area (Å²) in [7, 11) is 0. The monoisotopic (exact) mass is 280 g/mol. The standard InChI is InChI=1S/C16H24O4/c17-15-13-5-7-14(8-6-13)16(18)20-10-12-2-1-11(3-4-12)9-19-15/h11-14H,1-10H2. The second-order valence-electron chi connectivity index (χ2n) is 6.70. The van der Waals surface area contributed by atoms with Crippen LogP contribution in [0.1, 0.15) is 51.4 Å². The van der Waals surface area contributed by atoms with Crippen LogP contribution in [0, 0.1) is 23.7 Å². The van der Waals surface area contributed by atoms with E-state index in [2.05, 4.69) is 0 Å². The molecule has 0 N–H and O–H groups in total. The molecule has 0 aromatic carbocycles. The lowest BCUT2D eigenvalue weighted by Crippen LogP contribution is -2.32. The lowest BCUT2D eigenvalue weighted by molar-refractivity contribution is -0.158. The van der Waals surface area contributed by atoms with Gasteiger partial charge in [0.25, 0.3) is 0 Å². The van der Waals surface area contributed by atoms with Crippen molar-refractivity contribution >= 4 is 11.9 Å². The quantitative estimate of drug-likeness (QED) is 0.640. The van der Waals surface area contributed by atoms with Gasteiger partial charge in [-0.1, -0.05) is 0 Å². The summed E-state index contributed by atoms with van der Waals surface area (Å²) in [5, 5.41) is 0. The lowest BCUT2D eigenvalue weighted by atomic mass is 9.81. The van der Waals surface area contributed by atoms with Crippen LogP contribution < -0.4 is 0 Å². The summed E-state index contributed by atoms with van der Waals surface area (Å²) >= 11 is 0. The fraction of sp³-hybridized carbons (Fsp3) is 0.875. The van der Waals surface area contributed by atoms with E-state index in [4.69, 9.17) is 9.47 Å². The Balaban J connectivity index is 1.67. The Labute approximate surface area is 120 Å². The minimum Gasteiger partial charge on any atom is -0.465 e. The molecule has 0 radical (unpaired) electrons. The third-order valence-corrected chi connectivity index (χ3v) is 5.28. The maximum atomic E-state index is 12.1. The minimum atomic E-state index is -0.0454. The van der Waals surface area contributed by atoms with Gasteiger partial charge in [0.1, 0.15) is 0 Å². The van der Waals surface area contributed by atoms with Gasteiger partial charge in [-0.2, -0.15) is 0 Å². The van der Waals surface area contributed by atoms with Gasteiger partial charge in [0, 0.05) is 0 Å². The van der Waals surface area contributed by atoms with Crippen molar-refractivity contribution in [3.63, 3.8) is 0 Å². The molecule has 0 aromatic heterocycles. The summed E-state index contributed by atoms with van der Waals surface area (Å²) in [6.45, 7) is 1.18. The summed E-state index contributed by atoms with van der Waals surface area (Å²) in [5.41, 5.74) is 0. The normalized spacial score (nSPS) is 39.0. The molecule has 2 saturated carbocycles. The highest BCUT2D eigenvalue weighted by Gasteiger charge is 2.33. The predicted octanol–water partition coefficient (Wildman–Crippen LogP) is 2.70. The van der Waals surface area contributed by atoms with Gasteiger partial charge in [-0.3, -0.25) is 9.59 Å². The van der Waals surface area contributed by atoms with Crippen molar-refractivity contribution < 1.29 is 19.1 Å². The van der Waals surface area contributed by atoms with Gasteiger partial charge in [0.15, 0.2) is 0 Å². The van der Waals surface area contributed by atoms with Crippen LogP contribution in [-0.4, -0.2) is 25.2 Å². The van der Waals surface area contributed by atoms with E-state index in [-0.39, 0.29) is 23.8 Å². The van der Waals surface area contributed by atoms with Crippen molar-refractivity contribution in [2.45, 2.75) is 51.4 Å². The Hall–Kier alpha value is -1.06. The van der Waals surface area contributed by atoms with E-state index in [1.807, 2.05) is 0 Å². The van der Waals surface area contributed by atoms with E-state index in [1.165, 1.54) is 0 Å². The SMILES string of the molecule is O=C1OCC2CCC(CC2)COC(=O)C2CCC1CC2. The first-order valence-electron chi connectivity index (χ1n) is 8.05. The average Bonchev–Trinajstić information content (AvgIpc) is 2.51. The molecule has 4 aliphatic heterocycles. The molecular weight excluding hydrogens is 256 g/mol. The first-order valence-corrected chi connectivity index (χ1v) is 8.05. The number of hydrogen-bond donors (Lipinski definition) is 0. The Morgan fingerprint density at radius 1 is 0.600 bits per heavy atom. The molecule has 0 unspecified atom stereocenters. The summed E-state index contributed by atoms with van der Waals surface area (Å²) in [5.74, 6) is 0.916. The average molecular weight is 280 g/mol. The van der Waals surface area contributed by atoms with E-state index in [0.29, 0.717) is 25.0 Å². The van der Waals surface area contributed by atoms with Gasteiger partial charge in [0.05, 0.1) is 25.0 Å². The van der Waals surface area contributed by atoms with Crippen molar-refractivity contribution in [2.24, 2.45) is 23.7 Å². The zero-order valence-electron chi connectivity index (χ0n) is 12.0. The van der Waals surface area contributed by atoms with Crippen LogP contribution in [0.4, 0.5) is 0 Å². The van der Waals surface area contributed by atoms with Gasteiger partial charge in [-0.05, 0) is 63.2 Å². The molecule has 6 aliphatic rings. The third-order valence-electron chi connectivity index (χ3n) is 5.28. The molecule has 4 nitrogen and oxygen atoms in total. The molecule has 6 fully saturated rings. The molecule has 2 aliphatic carbocycles. The molecule has 4 saturated heterocycles. The fourth-order valence-electron chi connectivity index (χ4n) is 3.77. The van der Waals surface area contributed by atoms with Crippen LogP contribution in [-0.2, 0) is 19.1 Å². The Bertz CT molecular complexity index is 327. The molecule has 4 heterocycles. The zero-order chi connectivity index (χ0) is 13.9. The first kappa shape index (κ1) is 13.9. The maximum Gasteiger partial charge on any atom is 0.308 e. The molecule has 4 bridgehead atoms. The summed E-state index contributed by atoms with van der Waals surface area (Å²) in [4.78, 5) is 24.1.